The summed E-state index contributed by atoms with van der Waals surface area (Å²) in [5.41, 5.74) is 1.62. The van der Waals surface area contributed by atoms with Crippen LogP contribution in [0.4, 0.5) is 16.2 Å². The number of benzene rings is 3. The van der Waals surface area contributed by atoms with E-state index in [1.807, 2.05) is 0 Å². The summed E-state index contributed by atoms with van der Waals surface area (Å²) in [5.74, 6) is -1.30. The smallest absolute Gasteiger partial charge is 0.339 e. The van der Waals surface area contributed by atoms with Gasteiger partial charge in [-0.3, -0.25) is 29.4 Å². The van der Waals surface area contributed by atoms with Crippen molar-refractivity contribution in [2.75, 3.05) is 11.9 Å². The van der Waals surface area contributed by atoms with Crippen molar-refractivity contribution in [3.63, 3.8) is 0 Å². The van der Waals surface area contributed by atoms with Gasteiger partial charge in [0.15, 0.2) is 0 Å². The highest BCUT2D eigenvalue weighted by Gasteiger charge is 2.36. The summed E-state index contributed by atoms with van der Waals surface area (Å²) < 4.78 is 30.3. The van der Waals surface area contributed by atoms with Gasteiger partial charge in [0.05, 0.1) is 9.83 Å². The predicted molar refractivity (Wildman–Crippen MR) is 150 cm³/mol. The van der Waals surface area contributed by atoms with Crippen molar-refractivity contribution in [3.8, 4) is 5.75 Å². The number of carbonyl (C=O) groups excluding carboxylic acids is 3. The molecule has 1 N–H and O–H groups in total. The second-order valence-electron chi connectivity index (χ2n) is 8.59. The zero-order valence-electron chi connectivity index (χ0n) is 20.9. The lowest BCUT2D eigenvalue weighted by molar-refractivity contribution is -0.385. The molecule has 3 aromatic rings. The van der Waals surface area contributed by atoms with Gasteiger partial charge in [-0.15, -0.1) is 0 Å². The summed E-state index contributed by atoms with van der Waals surface area (Å²) >= 11 is 6.62. The fourth-order valence-electron chi connectivity index (χ4n) is 3.59. The number of hydrogen-bond donors (Lipinski definition) is 1. The maximum absolute atomic E-state index is 12.8. The topological polar surface area (TPSA) is 153 Å². The van der Waals surface area contributed by atoms with E-state index in [0.29, 0.717) is 33.6 Å². The summed E-state index contributed by atoms with van der Waals surface area (Å²) in [4.78, 5) is 48.7. The van der Waals surface area contributed by atoms with E-state index in [4.69, 9.17) is 15.8 Å². The van der Waals surface area contributed by atoms with E-state index in [-0.39, 0.29) is 21.2 Å². The van der Waals surface area contributed by atoms with Crippen LogP contribution in [0.2, 0.25) is 5.02 Å². The molecule has 0 aliphatic carbocycles. The van der Waals surface area contributed by atoms with E-state index in [1.165, 1.54) is 49.4 Å². The summed E-state index contributed by atoms with van der Waals surface area (Å²) in [6.45, 7) is 2.77. The number of aryl methyl sites for hydroxylation is 2. The van der Waals surface area contributed by atoms with Gasteiger partial charge in [-0.25, -0.2) is 0 Å². The number of nitrogens with one attached hydrogen (secondary N) is 1. The largest absolute Gasteiger partial charge is 0.379 e. The van der Waals surface area contributed by atoms with Crippen LogP contribution in [0.15, 0.2) is 70.5 Å². The molecule has 3 aromatic carbocycles. The lowest BCUT2D eigenvalue weighted by Crippen LogP contribution is -2.36. The highest BCUT2D eigenvalue weighted by atomic mass is 35.5. The van der Waals surface area contributed by atoms with Crippen LogP contribution in [0.5, 0.6) is 5.75 Å². The second-order valence-corrected chi connectivity index (χ2v) is 11.6. The fourth-order valence-corrected chi connectivity index (χ4v) is 5.55. The molecule has 0 aromatic heterocycles. The lowest BCUT2D eigenvalue weighted by Gasteiger charge is -2.13. The first kappa shape index (κ1) is 28.8. The molecule has 206 valence electrons. The summed E-state index contributed by atoms with van der Waals surface area (Å²) in [6.07, 6.45) is 1.42. The molecule has 1 fully saturated rings. The van der Waals surface area contributed by atoms with Gasteiger partial charge in [-0.1, -0.05) is 35.9 Å². The number of hydrogen-bond acceptors (Lipinski definition) is 9. The van der Waals surface area contributed by atoms with Crippen LogP contribution in [-0.2, 0) is 19.7 Å². The minimum Gasteiger partial charge on any atom is -0.379 e. The van der Waals surface area contributed by atoms with Gasteiger partial charge in [0, 0.05) is 22.3 Å². The summed E-state index contributed by atoms with van der Waals surface area (Å²) in [6, 6.07) is 14.0. The summed E-state index contributed by atoms with van der Waals surface area (Å²) in [5, 5.41) is 13.6. The predicted octanol–water partition coefficient (Wildman–Crippen LogP) is 5.31. The molecule has 40 heavy (non-hydrogen) atoms. The van der Waals surface area contributed by atoms with Gasteiger partial charge >= 0.3 is 10.1 Å². The lowest BCUT2D eigenvalue weighted by atomic mass is 10.2. The maximum atomic E-state index is 12.8. The van der Waals surface area contributed by atoms with Crippen molar-refractivity contribution in [2.45, 2.75) is 18.7 Å². The summed E-state index contributed by atoms with van der Waals surface area (Å²) in [7, 11) is -4.36. The van der Waals surface area contributed by atoms with Gasteiger partial charge in [0.25, 0.3) is 16.8 Å². The van der Waals surface area contributed by atoms with Gasteiger partial charge < -0.3 is 9.50 Å². The zero-order chi connectivity index (χ0) is 29.2. The number of anilines is 1. The quantitative estimate of drug-likeness (QED) is 0.157. The number of nitro benzene ring substituents is 1. The van der Waals surface area contributed by atoms with Crippen LogP contribution in [0.1, 0.15) is 16.7 Å². The Hall–Kier alpha value is -4.20. The molecular weight excluding hydrogens is 582 g/mol. The maximum Gasteiger partial charge on any atom is 0.339 e. The van der Waals surface area contributed by atoms with Crippen molar-refractivity contribution in [1.82, 2.24) is 4.90 Å². The first-order valence-electron chi connectivity index (χ1n) is 11.4. The number of imide groups is 1. The second kappa shape index (κ2) is 11.5. The molecule has 1 heterocycles. The molecule has 0 spiro atoms. The number of nitrogens with zero attached hydrogens (tertiary/aromatic N) is 2. The van der Waals surface area contributed by atoms with E-state index >= 15 is 0 Å². The molecule has 4 rings (SSSR count). The molecule has 0 unspecified atom stereocenters. The van der Waals surface area contributed by atoms with Crippen molar-refractivity contribution in [3.05, 3.63) is 97.4 Å². The van der Waals surface area contributed by atoms with Gasteiger partial charge in [-0.05, 0) is 73.1 Å². The van der Waals surface area contributed by atoms with E-state index < -0.39 is 38.6 Å². The third-order valence-corrected chi connectivity index (χ3v) is 8.08. The first-order valence-corrected chi connectivity index (χ1v) is 14.1. The van der Waals surface area contributed by atoms with Crippen LogP contribution in [0.3, 0.4) is 0 Å². The molecule has 3 amide bonds. The third-order valence-electron chi connectivity index (χ3n) is 5.70. The fraction of sp³-hybridized carbons (Fsp3) is 0.115. The number of nitro groups is 1. The molecular formula is C26H20ClN3O8S2. The molecule has 0 atom stereocenters. The Balaban J connectivity index is 1.43. The minimum atomic E-state index is -4.36. The zero-order valence-corrected chi connectivity index (χ0v) is 23.3. The third kappa shape index (κ3) is 6.50. The van der Waals surface area contributed by atoms with Crippen molar-refractivity contribution >= 4 is 68.0 Å². The minimum absolute atomic E-state index is 0.0681. The van der Waals surface area contributed by atoms with Crippen LogP contribution in [-0.4, -0.2) is 41.8 Å². The highest BCUT2D eigenvalue weighted by Crippen LogP contribution is 2.33. The average Bonchev–Trinajstić information content (AvgIpc) is 3.14. The molecule has 0 radical (unpaired) electrons. The normalized spacial score (nSPS) is 14.5. The number of carbonyl (C=O) groups is 3. The standard InChI is InChI=1S/C26H20ClN3O8S2/c1-15-3-7-18(27)12-21(15)28-24(31)14-29-25(32)23(39-26(29)33)11-17-5-8-19(9-6-17)38-40(36,37)20-10-4-16(2)22(13-20)30(34)35/h3-13H,14H2,1-2H3,(H,28,31)/b23-11-. The monoisotopic (exact) mass is 601 g/mol. The van der Waals surface area contributed by atoms with E-state index in [9.17, 15) is 32.9 Å². The van der Waals surface area contributed by atoms with E-state index in [1.54, 1.807) is 25.1 Å². The van der Waals surface area contributed by atoms with Crippen molar-refractivity contribution in [1.29, 1.82) is 0 Å². The van der Waals surface area contributed by atoms with Crippen LogP contribution < -0.4 is 9.50 Å². The first-order chi connectivity index (χ1) is 18.8. The number of amides is 3. The Morgan fingerprint density at radius 2 is 1.75 bits per heavy atom. The van der Waals surface area contributed by atoms with E-state index in [0.717, 1.165) is 16.5 Å². The van der Waals surface area contributed by atoms with Crippen LogP contribution in [0.25, 0.3) is 6.08 Å². The molecule has 0 saturated carbocycles. The van der Waals surface area contributed by atoms with Crippen molar-refractivity contribution < 1.29 is 31.9 Å². The Morgan fingerprint density at radius 1 is 1.07 bits per heavy atom. The number of rotatable bonds is 8. The molecule has 1 aliphatic rings. The van der Waals surface area contributed by atoms with Gasteiger partial charge in [0.1, 0.15) is 17.2 Å². The number of halogens is 1. The molecule has 1 aliphatic heterocycles. The molecule has 1 saturated heterocycles. The Kier molecular flexibility index (Phi) is 8.28. The average molecular weight is 602 g/mol. The van der Waals surface area contributed by atoms with Crippen LogP contribution in [0, 0.1) is 24.0 Å². The molecule has 14 heteroatoms. The van der Waals surface area contributed by atoms with Gasteiger partial charge in [-0.2, -0.15) is 8.42 Å². The SMILES string of the molecule is Cc1ccc(Cl)cc1NC(=O)CN1C(=O)S/C(=C\c2ccc(OS(=O)(=O)c3ccc(C)c([N+](=O)[O-])c3)cc2)C1=O. The Bertz CT molecular complexity index is 1690. The Labute approximate surface area is 238 Å². The number of thioether (sulfide) groups is 1. The Morgan fingerprint density at radius 3 is 2.42 bits per heavy atom. The van der Waals surface area contributed by atoms with Crippen molar-refractivity contribution in [2.24, 2.45) is 0 Å². The van der Waals surface area contributed by atoms with Gasteiger partial charge in [0.2, 0.25) is 5.91 Å². The molecule has 0 bridgehead atoms. The molecule has 11 nitrogen and oxygen atoms in total. The highest BCUT2D eigenvalue weighted by molar-refractivity contribution is 8.18. The van der Waals surface area contributed by atoms with Crippen LogP contribution >= 0.6 is 23.4 Å². The van der Waals surface area contributed by atoms with E-state index in [2.05, 4.69) is 5.32 Å².